The highest BCUT2D eigenvalue weighted by Gasteiger charge is 2.22. The molecule has 158 valence electrons. The van der Waals surface area contributed by atoms with Gasteiger partial charge in [0.2, 0.25) is 0 Å². The monoisotopic (exact) mass is 422 g/mol. The number of benzene rings is 3. The number of furan rings is 1. The van der Waals surface area contributed by atoms with Crippen LogP contribution in [0.15, 0.2) is 80.4 Å². The molecule has 0 saturated heterocycles. The molecule has 0 amide bonds. The fourth-order valence-electron chi connectivity index (χ4n) is 4.88. The van der Waals surface area contributed by atoms with Crippen molar-refractivity contribution in [3.05, 3.63) is 88.5 Å². The normalized spacial score (nSPS) is 13.4. The summed E-state index contributed by atoms with van der Waals surface area (Å²) in [4.78, 5) is 13.3. The molecule has 1 aliphatic carbocycles. The second-order valence-electron chi connectivity index (χ2n) is 8.29. The molecule has 4 heteroatoms. The molecule has 0 radical (unpaired) electrons. The second kappa shape index (κ2) is 7.41. The predicted molar refractivity (Wildman–Crippen MR) is 126 cm³/mol. The van der Waals surface area contributed by atoms with Crippen molar-refractivity contribution < 1.29 is 13.6 Å². The maximum absolute atomic E-state index is 13.3. The molecule has 4 nitrogen and oxygen atoms in total. The van der Waals surface area contributed by atoms with Crippen LogP contribution in [0.3, 0.4) is 0 Å². The maximum Gasteiger partial charge on any atom is 0.344 e. The molecule has 0 aliphatic heterocycles. The Labute approximate surface area is 185 Å². The Morgan fingerprint density at radius 1 is 0.750 bits per heavy atom. The molecular formula is C28H22O4. The van der Waals surface area contributed by atoms with Crippen LogP contribution < -0.4 is 10.4 Å². The first-order valence-electron chi connectivity index (χ1n) is 11.0. The van der Waals surface area contributed by atoms with E-state index in [0.717, 1.165) is 63.8 Å². The van der Waals surface area contributed by atoms with Crippen LogP contribution in [0.2, 0.25) is 0 Å². The number of hydrogen-bond donors (Lipinski definition) is 0. The molecule has 0 bridgehead atoms. The molecule has 2 heterocycles. The molecule has 6 rings (SSSR count). The zero-order valence-electron chi connectivity index (χ0n) is 17.8. The van der Waals surface area contributed by atoms with Gasteiger partial charge in [-0.25, -0.2) is 4.79 Å². The van der Waals surface area contributed by atoms with Crippen LogP contribution in [-0.4, -0.2) is 7.11 Å². The van der Waals surface area contributed by atoms with Crippen molar-refractivity contribution in [2.75, 3.05) is 7.11 Å². The third-order valence-electron chi connectivity index (χ3n) is 6.42. The van der Waals surface area contributed by atoms with Gasteiger partial charge in [0.15, 0.2) is 0 Å². The third-order valence-corrected chi connectivity index (χ3v) is 6.42. The third kappa shape index (κ3) is 2.94. The van der Waals surface area contributed by atoms with Gasteiger partial charge in [-0.05, 0) is 48.6 Å². The first-order chi connectivity index (χ1) is 15.7. The Bertz CT molecular complexity index is 1510. The van der Waals surface area contributed by atoms with E-state index in [0.29, 0.717) is 11.1 Å². The summed E-state index contributed by atoms with van der Waals surface area (Å²) in [5, 5.41) is 2.04. The number of rotatable bonds is 3. The second-order valence-corrected chi connectivity index (χ2v) is 8.29. The van der Waals surface area contributed by atoms with E-state index in [9.17, 15) is 4.79 Å². The summed E-state index contributed by atoms with van der Waals surface area (Å²) >= 11 is 0. The van der Waals surface area contributed by atoms with Crippen LogP contribution in [0.1, 0.15) is 24.2 Å². The van der Waals surface area contributed by atoms with Crippen LogP contribution in [0.5, 0.6) is 5.75 Å². The van der Waals surface area contributed by atoms with Gasteiger partial charge in [0, 0.05) is 34.4 Å². The van der Waals surface area contributed by atoms with Gasteiger partial charge in [-0.15, -0.1) is 0 Å². The predicted octanol–water partition coefficient (Wildman–Crippen LogP) is 6.76. The summed E-state index contributed by atoms with van der Waals surface area (Å²) in [6, 6.07) is 21.6. The number of aryl methyl sites for hydroxylation is 2. The van der Waals surface area contributed by atoms with Crippen molar-refractivity contribution in [1.29, 1.82) is 0 Å². The minimum atomic E-state index is -0.364. The van der Waals surface area contributed by atoms with Gasteiger partial charge in [0.1, 0.15) is 22.7 Å². The van der Waals surface area contributed by atoms with Gasteiger partial charge in [-0.2, -0.15) is 0 Å². The topological polar surface area (TPSA) is 52.6 Å². The quantitative estimate of drug-likeness (QED) is 0.301. The standard InChI is InChI=1S/C28H22O4/c1-30-19-13-11-18(12-14-19)27-26(17-7-3-2-4-8-17)22-15-21-20-9-5-6-10-23(20)31-24(21)16-25(22)32-28(27)29/h2-4,7-8,11-16H,5-6,9-10H2,1H3. The molecule has 0 unspecified atom stereocenters. The fraction of sp³-hybridized carbons (Fsp3) is 0.179. The first kappa shape index (κ1) is 18.9. The molecule has 0 atom stereocenters. The van der Waals surface area contributed by atoms with Crippen molar-refractivity contribution in [1.82, 2.24) is 0 Å². The van der Waals surface area contributed by atoms with Crippen LogP contribution in [0.25, 0.3) is 44.2 Å². The van der Waals surface area contributed by atoms with Gasteiger partial charge in [-0.1, -0.05) is 42.5 Å². The lowest BCUT2D eigenvalue weighted by Crippen LogP contribution is -2.06. The summed E-state index contributed by atoms with van der Waals surface area (Å²) < 4.78 is 17.3. The van der Waals surface area contributed by atoms with E-state index in [2.05, 4.69) is 6.07 Å². The lowest BCUT2D eigenvalue weighted by Gasteiger charge is -2.13. The van der Waals surface area contributed by atoms with Crippen LogP contribution in [0.4, 0.5) is 0 Å². The summed E-state index contributed by atoms with van der Waals surface area (Å²) in [7, 11) is 1.63. The maximum atomic E-state index is 13.3. The molecule has 1 aliphatic rings. The summed E-state index contributed by atoms with van der Waals surface area (Å²) in [5.74, 6) is 1.81. The molecular weight excluding hydrogens is 400 g/mol. The van der Waals surface area contributed by atoms with Gasteiger partial charge in [0.05, 0.1) is 12.7 Å². The Morgan fingerprint density at radius 2 is 1.47 bits per heavy atom. The van der Waals surface area contributed by atoms with Crippen molar-refractivity contribution in [2.45, 2.75) is 25.7 Å². The Morgan fingerprint density at radius 3 is 2.25 bits per heavy atom. The first-order valence-corrected chi connectivity index (χ1v) is 11.0. The largest absolute Gasteiger partial charge is 0.497 e. The van der Waals surface area contributed by atoms with E-state index in [1.807, 2.05) is 60.7 Å². The lowest BCUT2D eigenvalue weighted by molar-refractivity contribution is 0.415. The number of methoxy groups -OCH3 is 1. The molecule has 32 heavy (non-hydrogen) atoms. The zero-order chi connectivity index (χ0) is 21.7. The van der Waals surface area contributed by atoms with E-state index < -0.39 is 0 Å². The van der Waals surface area contributed by atoms with Crippen LogP contribution >= 0.6 is 0 Å². The van der Waals surface area contributed by atoms with Crippen molar-refractivity contribution >= 4 is 21.9 Å². The van der Waals surface area contributed by atoms with E-state index in [1.54, 1.807) is 7.11 Å². The zero-order valence-corrected chi connectivity index (χ0v) is 17.8. The van der Waals surface area contributed by atoms with Crippen molar-refractivity contribution in [2.24, 2.45) is 0 Å². The molecule has 3 aromatic carbocycles. The van der Waals surface area contributed by atoms with E-state index >= 15 is 0 Å². The van der Waals surface area contributed by atoms with Crippen molar-refractivity contribution in [3.63, 3.8) is 0 Å². The van der Waals surface area contributed by atoms with Crippen LogP contribution in [-0.2, 0) is 12.8 Å². The minimum Gasteiger partial charge on any atom is -0.497 e. The Balaban J connectivity index is 1.72. The Hall–Kier alpha value is -3.79. The molecule has 0 saturated carbocycles. The fourth-order valence-corrected chi connectivity index (χ4v) is 4.88. The Kier molecular flexibility index (Phi) is 4.39. The lowest BCUT2D eigenvalue weighted by atomic mass is 9.91. The number of fused-ring (bicyclic) bond motifs is 4. The van der Waals surface area contributed by atoms with Gasteiger partial charge in [-0.3, -0.25) is 0 Å². The molecule has 0 fully saturated rings. The minimum absolute atomic E-state index is 0.364. The average Bonchev–Trinajstić information content (AvgIpc) is 3.20. The van der Waals surface area contributed by atoms with Crippen LogP contribution in [0, 0.1) is 0 Å². The highest BCUT2D eigenvalue weighted by molar-refractivity contribution is 6.06. The smallest absolute Gasteiger partial charge is 0.344 e. The highest BCUT2D eigenvalue weighted by Crippen LogP contribution is 2.40. The summed E-state index contributed by atoms with van der Waals surface area (Å²) in [6.45, 7) is 0. The molecule has 0 spiro atoms. The molecule has 2 aromatic heterocycles. The number of ether oxygens (including phenoxy) is 1. The highest BCUT2D eigenvalue weighted by atomic mass is 16.5. The van der Waals surface area contributed by atoms with E-state index in [-0.39, 0.29) is 5.63 Å². The average molecular weight is 422 g/mol. The number of hydrogen-bond acceptors (Lipinski definition) is 4. The van der Waals surface area contributed by atoms with Gasteiger partial charge >= 0.3 is 5.63 Å². The van der Waals surface area contributed by atoms with Gasteiger partial charge < -0.3 is 13.6 Å². The SMILES string of the molecule is COc1ccc(-c2c(-c3ccccc3)c3cc4c5c(oc4cc3oc2=O)CCCC5)cc1. The summed E-state index contributed by atoms with van der Waals surface area (Å²) in [6.07, 6.45) is 4.31. The van der Waals surface area contributed by atoms with E-state index in [1.165, 1.54) is 12.0 Å². The molecule has 0 N–H and O–H groups in total. The van der Waals surface area contributed by atoms with Crippen molar-refractivity contribution in [3.8, 4) is 28.0 Å². The molecule has 5 aromatic rings. The van der Waals surface area contributed by atoms with E-state index in [4.69, 9.17) is 13.6 Å². The summed E-state index contributed by atoms with van der Waals surface area (Å²) in [5.41, 5.74) is 5.50. The van der Waals surface area contributed by atoms with Gasteiger partial charge in [0.25, 0.3) is 0 Å².